The second-order valence-corrected chi connectivity index (χ2v) is 7.65. The van der Waals surface area contributed by atoms with E-state index in [-0.39, 0.29) is 12.3 Å². The number of halogens is 3. The Morgan fingerprint density at radius 2 is 1.84 bits per heavy atom. The maximum Gasteiger partial charge on any atom is 0.417 e. The van der Waals surface area contributed by atoms with Crippen LogP contribution in [0.3, 0.4) is 0 Å². The van der Waals surface area contributed by atoms with Gasteiger partial charge in [0.25, 0.3) is 0 Å². The molecule has 1 aliphatic heterocycles. The van der Waals surface area contributed by atoms with Crippen LogP contribution in [0.15, 0.2) is 42.2 Å². The van der Waals surface area contributed by atoms with Crippen LogP contribution in [0.2, 0.25) is 0 Å². The number of rotatable bonds is 5. The summed E-state index contributed by atoms with van der Waals surface area (Å²) in [6.07, 6.45) is -0.163. The fourth-order valence-corrected chi connectivity index (χ4v) is 3.80. The summed E-state index contributed by atoms with van der Waals surface area (Å²) in [5, 5.41) is 5.41. The zero-order valence-electron chi connectivity index (χ0n) is 16.2. The van der Waals surface area contributed by atoms with E-state index in [1.54, 1.807) is 23.4 Å². The smallest absolute Gasteiger partial charge is 0.353 e. The Kier molecular flexibility index (Phi) is 5.98. The minimum absolute atomic E-state index is 0.0483. The number of aromatic nitrogens is 4. The molecule has 1 fully saturated rings. The molecule has 8 nitrogen and oxygen atoms in total. The van der Waals surface area contributed by atoms with Crippen LogP contribution in [-0.2, 0) is 17.4 Å². The lowest BCUT2D eigenvalue weighted by atomic mass is 10.2. The van der Waals surface area contributed by atoms with Gasteiger partial charge in [0.05, 0.1) is 17.7 Å². The quantitative estimate of drug-likeness (QED) is 0.641. The van der Waals surface area contributed by atoms with Crippen molar-refractivity contribution in [2.24, 2.45) is 0 Å². The van der Waals surface area contributed by atoms with Crippen molar-refractivity contribution in [3.8, 4) is 0 Å². The number of thiazole rings is 1. The molecule has 0 atom stereocenters. The van der Waals surface area contributed by atoms with Gasteiger partial charge in [-0.1, -0.05) is 0 Å². The topological polar surface area (TPSA) is 87.1 Å². The van der Waals surface area contributed by atoms with Gasteiger partial charge in [-0.2, -0.15) is 13.2 Å². The maximum absolute atomic E-state index is 12.7. The maximum atomic E-state index is 12.7. The number of carbonyl (C=O) groups excluding carboxylic acids is 1. The molecular weight excluding hydrogens is 431 g/mol. The van der Waals surface area contributed by atoms with Gasteiger partial charge in [0, 0.05) is 50.1 Å². The van der Waals surface area contributed by atoms with E-state index in [4.69, 9.17) is 0 Å². The summed E-state index contributed by atoms with van der Waals surface area (Å²) in [5.74, 6) is 0.856. The van der Waals surface area contributed by atoms with Crippen molar-refractivity contribution in [3.05, 3.63) is 53.4 Å². The Hall–Kier alpha value is -3.28. The minimum atomic E-state index is -4.41. The number of alkyl halides is 3. The number of amides is 1. The first-order valence-electron chi connectivity index (χ1n) is 9.43. The van der Waals surface area contributed by atoms with E-state index >= 15 is 0 Å². The van der Waals surface area contributed by atoms with Crippen molar-refractivity contribution in [1.82, 2.24) is 24.8 Å². The third-order valence-electron chi connectivity index (χ3n) is 4.70. The number of carbonyl (C=O) groups is 1. The standard InChI is InChI=1S/C19H18F3N7OS/c20-19(21,22)13-2-3-15(25-11-13)28-6-8-29(9-7-28)16(30)10-14-12-31-18(26-14)27-17-23-4-1-5-24-17/h1-5,11-12H,6-10H2,(H,23,24,26,27). The highest BCUT2D eigenvalue weighted by Crippen LogP contribution is 2.29. The van der Waals surface area contributed by atoms with Crippen LogP contribution in [0.4, 0.5) is 30.1 Å². The highest BCUT2D eigenvalue weighted by molar-refractivity contribution is 7.13. The summed E-state index contributed by atoms with van der Waals surface area (Å²) in [5.41, 5.74) is -0.124. The Morgan fingerprint density at radius 1 is 1.10 bits per heavy atom. The number of nitrogens with one attached hydrogen (secondary N) is 1. The Morgan fingerprint density at radius 3 is 2.48 bits per heavy atom. The van der Waals surface area contributed by atoms with Crippen molar-refractivity contribution >= 4 is 34.1 Å². The normalized spacial score (nSPS) is 14.5. The number of hydrogen-bond donors (Lipinski definition) is 1. The number of piperazine rings is 1. The van der Waals surface area contributed by atoms with Crippen molar-refractivity contribution in [3.63, 3.8) is 0 Å². The highest BCUT2D eigenvalue weighted by Gasteiger charge is 2.31. The minimum Gasteiger partial charge on any atom is -0.353 e. The van der Waals surface area contributed by atoms with Crippen LogP contribution >= 0.6 is 11.3 Å². The number of hydrogen-bond acceptors (Lipinski definition) is 8. The van der Waals surface area contributed by atoms with Gasteiger partial charge < -0.3 is 15.1 Å². The second kappa shape index (κ2) is 8.84. The predicted molar refractivity (Wildman–Crippen MR) is 109 cm³/mol. The zero-order valence-corrected chi connectivity index (χ0v) is 17.0. The Labute approximate surface area is 179 Å². The highest BCUT2D eigenvalue weighted by atomic mass is 32.1. The number of anilines is 3. The summed E-state index contributed by atoms with van der Waals surface area (Å²) in [7, 11) is 0. The molecule has 0 aliphatic carbocycles. The van der Waals surface area contributed by atoms with Crippen LogP contribution in [-0.4, -0.2) is 56.9 Å². The van der Waals surface area contributed by atoms with E-state index in [0.717, 1.165) is 12.3 Å². The first-order chi connectivity index (χ1) is 14.9. The predicted octanol–water partition coefficient (Wildman–Crippen LogP) is 2.98. The molecule has 4 heterocycles. The van der Waals surface area contributed by atoms with E-state index in [1.165, 1.54) is 17.4 Å². The van der Waals surface area contributed by atoms with E-state index < -0.39 is 11.7 Å². The largest absolute Gasteiger partial charge is 0.417 e. The molecule has 12 heteroatoms. The van der Waals surface area contributed by atoms with Crippen molar-refractivity contribution in [2.75, 3.05) is 36.4 Å². The number of nitrogens with zero attached hydrogens (tertiary/aromatic N) is 6. The second-order valence-electron chi connectivity index (χ2n) is 6.79. The molecule has 1 aliphatic rings. The van der Waals surface area contributed by atoms with Crippen molar-refractivity contribution < 1.29 is 18.0 Å². The first-order valence-corrected chi connectivity index (χ1v) is 10.3. The van der Waals surface area contributed by atoms with E-state index in [2.05, 4.69) is 25.3 Å². The summed E-state index contributed by atoms with van der Waals surface area (Å²) < 4.78 is 38.0. The van der Waals surface area contributed by atoms with Gasteiger partial charge >= 0.3 is 6.18 Å². The van der Waals surface area contributed by atoms with Gasteiger partial charge in [-0.05, 0) is 18.2 Å². The van der Waals surface area contributed by atoms with Gasteiger partial charge in [-0.25, -0.2) is 19.9 Å². The Balaban J connectivity index is 1.29. The van der Waals surface area contributed by atoms with Gasteiger partial charge in [0.15, 0.2) is 5.13 Å². The van der Waals surface area contributed by atoms with E-state index in [1.807, 2.05) is 10.3 Å². The lowest BCUT2D eigenvalue weighted by Crippen LogP contribution is -2.49. The zero-order chi connectivity index (χ0) is 21.8. The molecule has 0 spiro atoms. The van der Waals surface area contributed by atoms with Gasteiger partial charge in [-0.15, -0.1) is 11.3 Å². The van der Waals surface area contributed by atoms with Gasteiger partial charge in [0.2, 0.25) is 11.9 Å². The molecule has 3 aromatic rings. The first kappa shape index (κ1) is 21.0. The molecule has 0 saturated carbocycles. The molecular formula is C19H18F3N7OS. The summed E-state index contributed by atoms with van der Waals surface area (Å²) in [4.78, 5) is 32.7. The molecule has 0 unspecified atom stereocenters. The molecule has 0 radical (unpaired) electrons. The SMILES string of the molecule is O=C(Cc1csc(Nc2ncccn2)n1)N1CCN(c2ccc(C(F)(F)F)cn2)CC1. The molecule has 1 amide bonds. The van der Waals surface area contributed by atoms with Crippen molar-refractivity contribution in [1.29, 1.82) is 0 Å². The molecule has 0 aromatic carbocycles. The van der Waals surface area contributed by atoms with E-state index in [0.29, 0.717) is 48.8 Å². The average Bonchev–Trinajstić information content (AvgIpc) is 3.20. The van der Waals surface area contributed by atoms with Crippen LogP contribution in [0.1, 0.15) is 11.3 Å². The van der Waals surface area contributed by atoms with Gasteiger partial charge in [0.1, 0.15) is 5.82 Å². The molecule has 4 rings (SSSR count). The Bertz CT molecular complexity index is 1020. The van der Waals surface area contributed by atoms with Crippen LogP contribution < -0.4 is 10.2 Å². The molecule has 1 saturated heterocycles. The monoisotopic (exact) mass is 449 g/mol. The van der Waals surface area contributed by atoms with Crippen LogP contribution in [0, 0.1) is 0 Å². The van der Waals surface area contributed by atoms with Gasteiger partial charge in [-0.3, -0.25) is 4.79 Å². The van der Waals surface area contributed by atoms with Crippen LogP contribution in [0.5, 0.6) is 0 Å². The molecule has 162 valence electrons. The number of pyridine rings is 1. The van der Waals surface area contributed by atoms with E-state index in [9.17, 15) is 18.0 Å². The molecule has 1 N–H and O–H groups in total. The average molecular weight is 449 g/mol. The molecule has 31 heavy (non-hydrogen) atoms. The van der Waals surface area contributed by atoms with Crippen LogP contribution in [0.25, 0.3) is 0 Å². The van der Waals surface area contributed by atoms with Crippen molar-refractivity contribution in [2.45, 2.75) is 12.6 Å². The summed E-state index contributed by atoms with van der Waals surface area (Å²) in [6.45, 7) is 1.93. The third kappa shape index (κ3) is 5.26. The third-order valence-corrected chi connectivity index (χ3v) is 5.51. The lowest BCUT2D eigenvalue weighted by molar-refractivity contribution is -0.137. The lowest BCUT2D eigenvalue weighted by Gasteiger charge is -2.35. The fourth-order valence-electron chi connectivity index (χ4n) is 3.10. The summed E-state index contributed by atoms with van der Waals surface area (Å²) >= 11 is 1.36. The molecule has 0 bridgehead atoms. The fraction of sp³-hybridized carbons (Fsp3) is 0.316. The molecule has 3 aromatic heterocycles. The summed E-state index contributed by atoms with van der Waals surface area (Å²) in [6, 6.07) is 4.10.